The standard InChI is InChI=1S/C26H29P.C5H10.2CH3.Fe/c1-20(2)23-17-11-18-24(23)25-16-9-10-19-26(25)27(21-12-5-3-6-13-21)22-14-7-4-8-15-22;1-2-4-5-3-1;;;/h3-10,12-16,19-20,23-24H,11,17-18H2,1-2H3;1-5H2;2*1H3;/q;;2*-1;+2. The third kappa shape index (κ3) is 8.32. The Morgan fingerprint density at radius 3 is 1.54 bits per heavy atom. The van der Waals surface area contributed by atoms with E-state index in [1.165, 1.54) is 62.0 Å². The number of rotatable bonds is 5. The minimum atomic E-state index is -0.521. The van der Waals surface area contributed by atoms with Gasteiger partial charge in [-0.05, 0) is 60.0 Å². The van der Waals surface area contributed by atoms with Gasteiger partial charge in [0, 0.05) is 0 Å². The smallest absolute Gasteiger partial charge is 0.358 e. The van der Waals surface area contributed by atoms with Crippen LogP contribution in [0.3, 0.4) is 0 Å². The second-order valence-corrected chi connectivity index (χ2v) is 12.0. The van der Waals surface area contributed by atoms with E-state index in [9.17, 15) is 0 Å². The summed E-state index contributed by atoms with van der Waals surface area (Å²) < 4.78 is 0. The van der Waals surface area contributed by atoms with Crippen LogP contribution in [0.25, 0.3) is 0 Å². The molecule has 2 fully saturated rings. The monoisotopic (exact) mass is 528 g/mol. The number of benzene rings is 3. The van der Waals surface area contributed by atoms with Crippen LogP contribution in [0.4, 0.5) is 0 Å². The molecule has 2 unspecified atom stereocenters. The van der Waals surface area contributed by atoms with Crippen molar-refractivity contribution in [1.29, 1.82) is 0 Å². The van der Waals surface area contributed by atoms with E-state index in [4.69, 9.17) is 0 Å². The van der Waals surface area contributed by atoms with Gasteiger partial charge in [0.15, 0.2) is 0 Å². The molecule has 3 aromatic rings. The van der Waals surface area contributed by atoms with Crippen LogP contribution in [0, 0.1) is 26.7 Å². The van der Waals surface area contributed by atoms with Gasteiger partial charge in [-0.3, -0.25) is 0 Å². The molecule has 0 radical (unpaired) electrons. The van der Waals surface area contributed by atoms with Crippen molar-refractivity contribution in [1.82, 2.24) is 0 Å². The van der Waals surface area contributed by atoms with E-state index in [-0.39, 0.29) is 31.9 Å². The Morgan fingerprint density at radius 1 is 0.600 bits per heavy atom. The Labute approximate surface area is 228 Å². The van der Waals surface area contributed by atoms with Crippen molar-refractivity contribution < 1.29 is 17.1 Å². The molecule has 0 aromatic heterocycles. The number of hydrogen-bond acceptors (Lipinski definition) is 0. The van der Waals surface area contributed by atoms with Crippen LogP contribution in [0.15, 0.2) is 84.9 Å². The predicted molar refractivity (Wildman–Crippen MR) is 156 cm³/mol. The van der Waals surface area contributed by atoms with Gasteiger partial charge in [-0.2, -0.15) is 0 Å². The van der Waals surface area contributed by atoms with Crippen molar-refractivity contribution in [2.75, 3.05) is 0 Å². The summed E-state index contributed by atoms with van der Waals surface area (Å²) in [6.07, 6.45) is 11.6. The van der Waals surface area contributed by atoms with Gasteiger partial charge in [0.05, 0.1) is 0 Å². The van der Waals surface area contributed by atoms with Crippen LogP contribution in [0.1, 0.15) is 76.7 Å². The fraction of sp³-hybridized carbons (Fsp3) is 0.394. The largest absolute Gasteiger partial charge is 2.00 e. The second kappa shape index (κ2) is 16.4. The van der Waals surface area contributed by atoms with Crippen molar-refractivity contribution in [3.05, 3.63) is 105 Å². The second-order valence-electron chi connectivity index (χ2n) is 9.78. The number of hydrogen-bond donors (Lipinski definition) is 0. The average molecular weight is 529 g/mol. The van der Waals surface area contributed by atoms with E-state index < -0.39 is 7.92 Å². The zero-order valence-electron chi connectivity index (χ0n) is 22.3. The minimum Gasteiger partial charge on any atom is -0.358 e. The third-order valence-corrected chi connectivity index (χ3v) is 9.80. The van der Waals surface area contributed by atoms with Crippen LogP contribution in [0.5, 0.6) is 0 Å². The molecular weight excluding hydrogens is 483 g/mol. The Bertz CT molecular complexity index is 886. The van der Waals surface area contributed by atoms with Gasteiger partial charge in [0.25, 0.3) is 0 Å². The minimum absolute atomic E-state index is 0. The quantitative estimate of drug-likeness (QED) is 0.176. The van der Waals surface area contributed by atoms with Crippen molar-refractivity contribution in [2.24, 2.45) is 11.8 Å². The van der Waals surface area contributed by atoms with E-state index in [1.54, 1.807) is 10.9 Å². The molecule has 0 amide bonds. The summed E-state index contributed by atoms with van der Waals surface area (Å²) in [5.74, 6) is 2.28. The maximum atomic E-state index is 2.42. The fourth-order valence-corrected chi connectivity index (χ4v) is 8.17. The molecule has 0 heterocycles. The van der Waals surface area contributed by atoms with Gasteiger partial charge >= 0.3 is 17.1 Å². The zero-order valence-corrected chi connectivity index (χ0v) is 24.3. The van der Waals surface area contributed by atoms with Gasteiger partial charge in [-0.15, -0.1) is 0 Å². The predicted octanol–water partition coefficient (Wildman–Crippen LogP) is 8.83. The van der Waals surface area contributed by atoms with Gasteiger partial charge < -0.3 is 14.9 Å². The molecule has 2 heteroatoms. The summed E-state index contributed by atoms with van der Waals surface area (Å²) >= 11 is 0. The molecule has 0 bridgehead atoms. The van der Waals surface area contributed by atoms with Crippen LogP contribution in [-0.2, 0) is 17.1 Å². The molecule has 0 saturated heterocycles. The van der Waals surface area contributed by atoms with Crippen molar-refractivity contribution in [3.8, 4) is 0 Å². The molecule has 2 saturated carbocycles. The van der Waals surface area contributed by atoms with Gasteiger partial charge in [-0.1, -0.05) is 137 Å². The third-order valence-electron chi connectivity index (χ3n) is 7.28. The Kier molecular flexibility index (Phi) is 14.8. The summed E-state index contributed by atoms with van der Waals surface area (Å²) in [4.78, 5) is 0. The van der Waals surface area contributed by atoms with E-state index in [0.717, 1.165) is 11.8 Å². The topological polar surface area (TPSA) is 0 Å². The van der Waals surface area contributed by atoms with Gasteiger partial charge in [0.1, 0.15) is 0 Å². The molecule has 0 spiro atoms. The summed E-state index contributed by atoms with van der Waals surface area (Å²) in [5, 5.41) is 4.46. The Balaban J connectivity index is 0.000000685. The summed E-state index contributed by atoms with van der Waals surface area (Å²) in [5.41, 5.74) is 1.60. The normalized spacial score (nSPS) is 18.6. The van der Waals surface area contributed by atoms with Crippen molar-refractivity contribution >= 4 is 23.8 Å². The molecule has 0 nitrogen and oxygen atoms in total. The first-order valence-corrected chi connectivity index (χ1v) is 14.1. The first-order chi connectivity index (χ1) is 15.8. The Hall–Kier alpha value is -1.39. The van der Waals surface area contributed by atoms with E-state index >= 15 is 0 Å². The first kappa shape index (κ1) is 31.6. The van der Waals surface area contributed by atoms with E-state index in [1.807, 2.05) is 0 Å². The molecule has 35 heavy (non-hydrogen) atoms. The van der Waals surface area contributed by atoms with Crippen molar-refractivity contribution in [2.45, 2.75) is 71.1 Å². The van der Waals surface area contributed by atoms with Crippen LogP contribution < -0.4 is 15.9 Å². The molecule has 2 aliphatic rings. The van der Waals surface area contributed by atoms with E-state index in [0.29, 0.717) is 5.92 Å². The Morgan fingerprint density at radius 2 is 1.06 bits per heavy atom. The molecule has 0 aliphatic heterocycles. The van der Waals surface area contributed by atoms with Gasteiger partial charge in [-0.25, -0.2) is 0 Å². The van der Waals surface area contributed by atoms with Crippen molar-refractivity contribution in [3.63, 3.8) is 0 Å². The summed E-state index contributed by atoms with van der Waals surface area (Å²) in [7, 11) is -0.521. The summed E-state index contributed by atoms with van der Waals surface area (Å²) in [6.45, 7) is 4.81. The molecular formula is C33H45FeP. The first-order valence-electron chi connectivity index (χ1n) is 12.7. The zero-order chi connectivity index (χ0) is 22.2. The van der Waals surface area contributed by atoms with Crippen LogP contribution >= 0.6 is 7.92 Å². The maximum absolute atomic E-state index is 2.42. The average Bonchev–Trinajstić information content (AvgIpc) is 3.57. The summed E-state index contributed by atoms with van der Waals surface area (Å²) in [6, 6.07) is 31.5. The molecule has 5 rings (SSSR count). The molecule has 3 aromatic carbocycles. The fourth-order valence-electron chi connectivity index (χ4n) is 5.64. The molecule has 0 N–H and O–H groups in total. The molecule has 190 valence electrons. The molecule has 2 atom stereocenters. The van der Waals surface area contributed by atoms with Crippen LogP contribution in [-0.4, -0.2) is 0 Å². The maximum Gasteiger partial charge on any atom is 2.00 e. The van der Waals surface area contributed by atoms with Gasteiger partial charge in [0.2, 0.25) is 0 Å². The molecule has 2 aliphatic carbocycles. The van der Waals surface area contributed by atoms with E-state index in [2.05, 4.69) is 98.8 Å². The SMILES string of the molecule is C1CCCC1.CC(C)C1CCCC1c1ccccc1P(c1ccccc1)c1ccccc1.[CH3-].[CH3-].[Fe+2]. The van der Waals surface area contributed by atoms with Crippen LogP contribution in [0.2, 0.25) is 0 Å².